The maximum Gasteiger partial charge on any atom is 0.370 e. The molecule has 1 aromatic carbocycles. The molecule has 0 fully saturated rings. The van der Waals surface area contributed by atoms with Crippen LogP contribution in [0.2, 0.25) is 0 Å². The van der Waals surface area contributed by atoms with Gasteiger partial charge in [0, 0.05) is 4.47 Å². The summed E-state index contributed by atoms with van der Waals surface area (Å²) in [6.07, 6.45) is 0. The van der Waals surface area contributed by atoms with Crippen LogP contribution in [0.3, 0.4) is 0 Å². The largest absolute Gasteiger partial charge is 0.461 e. The van der Waals surface area contributed by atoms with Gasteiger partial charge in [0.15, 0.2) is 0 Å². The molecule has 0 bridgehead atoms. The van der Waals surface area contributed by atoms with Gasteiger partial charge in [0.25, 0.3) is 0 Å². The Kier molecular flexibility index (Phi) is 5.28. The Morgan fingerprint density at radius 3 is 2.88 bits per heavy atom. The lowest BCUT2D eigenvalue weighted by atomic mass is 10.3. The van der Waals surface area contributed by atoms with E-state index in [1.807, 2.05) is 18.2 Å². The van der Waals surface area contributed by atoms with Gasteiger partial charge in [-0.2, -0.15) is 5.10 Å². The molecule has 4 nitrogen and oxygen atoms in total. The monoisotopic (exact) mass is 304 g/mol. The first-order valence-electron chi connectivity index (χ1n) is 4.56. The third-order valence-corrected chi connectivity index (χ3v) is 2.52. The van der Waals surface area contributed by atoms with Gasteiger partial charge in [-0.05, 0) is 35.0 Å². The molecule has 6 heteroatoms. The zero-order chi connectivity index (χ0) is 12.0. The summed E-state index contributed by atoms with van der Waals surface area (Å²) >= 11 is 8.93. The third kappa shape index (κ3) is 3.83. The summed E-state index contributed by atoms with van der Waals surface area (Å²) in [5, 5.41) is 3.46. The van der Waals surface area contributed by atoms with Gasteiger partial charge in [-0.1, -0.05) is 23.7 Å². The number of carbonyl (C=O) groups excluding carboxylic acids is 1. The van der Waals surface area contributed by atoms with E-state index < -0.39 is 5.97 Å². The van der Waals surface area contributed by atoms with Crippen LogP contribution in [-0.2, 0) is 9.53 Å². The lowest BCUT2D eigenvalue weighted by molar-refractivity contribution is -0.134. The number of para-hydroxylation sites is 1. The van der Waals surface area contributed by atoms with Crippen LogP contribution >= 0.6 is 27.5 Å². The molecule has 86 valence electrons. The minimum Gasteiger partial charge on any atom is -0.461 e. The fourth-order valence-electron chi connectivity index (χ4n) is 0.897. The summed E-state index contributed by atoms with van der Waals surface area (Å²) in [5.41, 5.74) is 3.37. The normalized spacial score (nSPS) is 11.1. The Morgan fingerprint density at radius 2 is 2.25 bits per heavy atom. The van der Waals surface area contributed by atoms with Crippen molar-refractivity contribution < 1.29 is 9.53 Å². The molecule has 0 radical (unpaired) electrons. The molecule has 1 rings (SSSR count). The molecule has 0 aromatic heterocycles. The molecule has 1 N–H and O–H groups in total. The summed E-state index contributed by atoms with van der Waals surface area (Å²) in [7, 11) is 0. The number of hydrogen-bond donors (Lipinski definition) is 1. The van der Waals surface area contributed by atoms with E-state index in [-0.39, 0.29) is 11.8 Å². The van der Waals surface area contributed by atoms with Gasteiger partial charge >= 0.3 is 5.97 Å². The fraction of sp³-hybridized carbons (Fsp3) is 0.200. The highest BCUT2D eigenvalue weighted by atomic mass is 79.9. The van der Waals surface area contributed by atoms with E-state index in [2.05, 4.69) is 31.2 Å². The van der Waals surface area contributed by atoms with Crippen molar-refractivity contribution in [3.8, 4) is 0 Å². The first-order valence-corrected chi connectivity index (χ1v) is 5.73. The molecule has 0 aliphatic carbocycles. The Labute approximate surface area is 107 Å². The van der Waals surface area contributed by atoms with Crippen LogP contribution in [0, 0.1) is 0 Å². The minimum atomic E-state index is -0.649. The number of rotatable bonds is 4. The number of benzene rings is 1. The molecular weight excluding hydrogens is 295 g/mol. The molecule has 16 heavy (non-hydrogen) atoms. The Hall–Kier alpha value is -1.07. The summed E-state index contributed by atoms with van der Waals surface area (Å²) < 4.78 is 5.49. The Balaban J connectivity index is 2.66. The molecule has 0 saturated carbocycles. The summed E-state index contributed by atoms with van der Waals surface area (Å²) in [6.45, 7) is 1.96. The minimum absolute atomic E-state index is 0.238. The molecule has 0 unspecified atom stereocenters. The lowest BCUT2D eigenvalue weighted by Crippen LogP contribution is -2.13. The molecule has 0 aliphatic heterocycles. The van der Waals surface area contributed by atoms with E-state index in [1.165, 1.54) is 0 Å². The second kappa shape index (κ2) is 6.50. The van der Waals surface area contributed by atoms with Crippen LogP contribution in [-0.4, -0.2) is 17.7 Å². The van der Waals surface area contributed by atoms with Crippen LogP contribution in [0.4, 0.5) is 5.69 Å². The predicted octanol–water partition coefficient (Wildman–Crippen LogP) is 2.98. The van der Waals surface area contributed by atoms with Gasteiger partial charge in [0.05, 0.1) is 12.3 Å². The lowest BCUT2D eigenvalue weighted by Gasteiger charge is -2.03. The zero-order valence-corrected chi connectivity index (χ0v) is 10.9. The molecular formula is C10H10BrClN2O2. The predicted molar refractivity (Wildman–Crippen MR) is 67.7 cm³/mol. The first kappa shape index (κ1) is 13.0. The number of nitrogens with zero attached hydrogens (tertiary/aromatic N) is 1. The highest BCUT2D eigenvalue weighted by Gasteiger charge is 2.08. The quantitative estimate of drug-likeness (QED) is 0.528. The van der Waals surface area contributed by atoms with Gasteiger partial charge in [-0.15, -0.1) is 0 Å². The van der Waals surface area contributed by atoms with Crippen LogP contribution in [0.25, 0.3) is 0 Å². The van der Waals surface area contributed by atoms with E-state index in [4.69, 9.17) is 11.6 Å². The van der Waals surface area contributed by atoms with Gasteiger partial charge in [0.2, 0.25) is 5.17 Å². The number of esters is 1. The number of anilines is 1. The van der Waals surface area contributed by atoms with E-state index in [0.29, 0.717) is 5.69 Å². The van der Waals surface area contributed by atoms with Gasteiger partial charge in [-0.25, -0.2) is 4.79 Å². The summed E-state index contributed by atoms with van der Waals surface area (Å²) in [4.78, 5) is 11.1. The van der Waals surface area contributed by atoms with Crippen molar-refractivity contribution in [1.82, 2.24) is 0 Å². The second-order valence-corrected chi connectivity index (χ2v) is 3.93. The number of carbonyl (C=O) groups is 1. The molecule has 0 aliphatic rings. The van der Waals surface area contributed by atoms with Crippen molar-refractivity contribution in [1.29, 1.82) is 0 Å². The molecule has 0 amide bonds. The Bertz CT molecular complexity index is 410. The van der Waals surface area contributed by atoms with Crippen molar-refractivity contribution in [3.05, 3.63) is 28.7 Å². The van der Waals surface area contributed by atoms with Crippen LogP contribution < -0.4 is 5.43 Å². The number of hydrogen-bond acceptors (Lipinski definition) is 4. The van der Waals surface area contributed by atoms with Gasteiger partial charge in [0.1, 0.15) is 0 Å². The first-order chi connectivity index (χ1) is 7.65. The van der Waals surface area contributed by atoms with Crippen LogP contribution in [0.15, 0.2) is 33.8 Å². The number of hydrazone groups is 1. The van der Waals surface area contributed by atoms with Crippen molar-refractivity contribution in [2.24, 2.45) is 5.10 Å². The topological polar surface area (TPSA) is 50.7 Å². The van der Waals surface area contributed by atoms with Gasteiger partial charge < -0.3 is 4.74 Å². The zero-order valence-electron chi connectivity index (χ0n) is 8.54. The molecule has 0 spiro atoms. The maximum atomic E-state index is 11.1. The van der Waals surface area contributed by atoms with Crippen molar-refractivity contribution in [2.45, 2.75) is 6.92 Å². The standard InChI is InChI=1S/C10H10BrClN2O2/c1-2-16-10(15)9(12)14-13-8-6-4-3-5-7(8)11/h3-6,13H,2H2,1H3/b14-9-. The summed E-state index contributed by atoms with van der Waals surface area (Å²) in [5.74, 6) is -0.649. The number of ether oxygens (including phenoxy) is 1. The van der Waals surface area contributed by atoms with Crippen molar-refractivity contribution >= 4 is 44.4 Å². The van der Waals surface area contributed by atoms with E-state index >= 15 is 0 Å². The molecule has 1 aromatic rings. The fourth-order valence-corrected chi connectivity index (χ4v) is 1.37. The highest BCUT2D eigenvalue weighted by Crippen LogP contribution is 2.21. The van der Waals surface area contributed by atoms with Crippen LogP contribution in [0.5, 0.6) is 0 Å². The maximum absolute atomic E-state index is 11.1. The van der Waals surface area contributed by atoms with Crippen molar-refractivity contribution in [2.75, 3.05) is 12.0 Å². The van der Waals surface area contributed by atoms with Crippen molar-refractivity contribution in [3.63, 3.8) is 0 Å². The summed E-state index contributed by atoms with van der Waals surface area (Å²) in [6, 6.07) is 7.34. The van der Waals surface area contributed by atoms with E-state index in [9.17, 15) is 4.79 Å². The third-order valence-electron chi connectivity index (χ3n) is 1.59. The SMILES string of the molecule is CCOC(=O)/C(Cl)=N/Nc1ccccc1Br. The number of nitrogens with one attached hydrogen (secondary N) is 1. The highest BCUT2D eigenvalue weighted by molar-refractivity contribution is 9.10. The number of halogens is 2. The smallest absolute Gasteiger partial charge is 0.370 e. The van der Waals surface area contributed by atoms with E-state index in [1.54, 1.807) is 13.0 Å². The van der Waals surface area contributed by atoms with Gasteiger partial charge in [-0.3, -0.25) is 5.43 Å². The molecule has 0 saturated heterocycles. The van der Waals surface area contributed by atoms with Crippen LogP contribution in [0.1, 0.15) is 6.92 Å². The molecule has 0 atom stereocenters. The average molecular weight is 306 g/mol. The molecule has 0 heterocycles. The Morgan fingerprint density at radius 1 is 1.56 bits per heavy atom. The van der Waals surface area contributed by atoms with E-state index in [0.717, 1.165) is 4.47 Å². The average Bonchev–Trinajstić information content (AvgIpc) is 2.28. The second-order valence-electron chi connectivity index (χ2n) is 2.71.